The fraction of sp³-hybridized carbons (Fsp3) is 0.500. The molecule has 8 heteroatoms. The van der Waals surface area contributed by atoms with Gasteiger partial charge in [-0.2, -0.15) is 4.98 Å². The third-order valence-electron chi connectivity index (χ3n) is 4.99. The lowest BCUT2D eigenvalue weighted by Crippen LogP contribution is -2.37. The van der Waals surface area contributed by atoms with Gasteiger partial charge in [0.05, 0.1) is 12.2 Å². The van der Waals surface area contributed by atoms with Crippen LogP contribution in [0, 0.1) is 0 Å². The third kappa shape index (κ3) is 4.39. The number of nitrogen functional groups attached to an aromatic ring is 1. The van der Waals surface area contributed by atoms with E-state index in [0.29, 0.717) is 37.4 Å². The number of aliphatic hydroxyl groups is 1. The van der Waals surface area contributed by atoms with E-state index in [4.69, 9.17) is 10.7 Å². The van der Waals surface area contributed by atoms with Crippen molar-refractivity contribution in [2.45, 2.75) is 45.6 Å². The Kier molecular flexibility index (Phi) is 6.41. The van der Waals surface area contributed by atoms with Crippen molar-refractivity contribution < 1.29 is 9.90 Å². The Morgan fingerprint density at radius 1 is 1.36 bits per heavy atom. The van der Waals surface area contributed by atoms with E-state index in [1.165, 1.54) is 0 Å². The average Bonchev–Trinajstić information content (AvgIpc) is 3.11. The molecule has 1 amide bonds. The molecule has 2 aromatic rings. The molecule has 0 aliphatic carbocycles. The maximum atomic E-state index is 12.9. The number of aryl methyl sites for hydroxylation is 1. The van der Waals surface area contributed by atoms with Crippen LogP contribution < -0.4 is 5.73 Å². The Bertz CT molecular complexity index is 874. The summed E-state index contributed by atoms with van der Waals surface area (Å²) in [6, 6.07) is 3.68. The van der Waals surface area contributed by atoms with Gasteiger partial charge in [-0.05, 0) is 25.0 Å². The maximum absolute atomic E-state index is 12.9. The number of nitrogens with zero attached hydrogens (tertiary/aromatic N) is 5. The number of aromatic nitrogens is 3. The molecule has 0 aromatic carbocycles. The first-order valence-electron chi connectivity index (χ1n) is 9.76. The summed E-state index contributed by atoms with van der Waals surface area (Å²) < 4.78 is 1.82. The second-order valence-corrected chi connectivity index (χ2v) is 7.07. The predicted octanol–water partition coefficient (Wildman–Crippen LogP) is 2.24. The zero-order valence-electron chi connectivity index (χ0n) is 16.6. The van der Waals surface area contributed by atoms with Crippen LogP contribution in [-0.2, 0) is 20.0 Å². The SMILES string of the molecule is CCCC/C(CCO)=N/c1nc(N)nc2c1CN(C(=O)c1cccn1C)CC2. The number of anilines is 1. The molecular weight excluding hydrogens is 356 g/mol. The molecule has 28 heavy (non-hydrogen) atoms. The summed E-state index contributed by atoms with van der Waals surface area (Å²) in [5, 5.41) is 9.36. The summed E-state index contributed by atoms with van der Waals surface area (Å²) in [7, 11) is 1.86. The summed E-state index contributed by atoms with van der Waals surface area (Å²) >= 11 is 0. The van der Waals surface area contributed by atoms with Gasteiger partial charge in [0.15, 0.2) is 5.82 Å². The number of amides is 1. The summed E-state index contributed by atoms with van der Waals surface area (Å²) in [6.45, 7) is 3.15. The van der Waals surface area contributed by atoms with Crippen LogP contribution in [0.2, 0.25) is 0 Å². The van der Waals surface area contributed by atoms with Gasteiger partial charge in [-0.3, -0.25) is 4.79 Å². The lowest BCUT2D eigenvalue weighted by Gasteiger charge is -2.29. The second-order valence-electron chi connectivity index (χ2n) is 7.07. The number of aliphatic imine (C=N–C) groups is 1. The van der Waals surface area contributed by atoms with Crippen LogP contribution in [0.4, 0.5) is 11.8 Å². The molecular formula is C20H28N6O2. The second kappa shape index (κ2) is 8.97. The molecule has 3 rings (SSSR count). The first-order chi connectivity index (χ1) is 13.5. The molecule has 0 saturated carbocycles. The fourth-order valence-electron chi connectivity index (χ4n) is 3.42. The van der Waals surface area contributed by atoms with Crippen molar-refractivity contribution in [3.63, 3.8) is 0 Å². The van der Waals surface area contributed by atoms with Crippen molar-refractivity contribution in [3.05, 3.63) is 35.3 Å². The zero-order chi connectivity index (χ0) is 20.1. The van der Waals surface area contributed by atoms with Gasteiger partial charge >= 0.3 is 0 Å². The minimum Gasteiger partial charge on any atom is -0.396 e. The molecule has 1 aliphatic heterocycles. The number of carbonyl (C=O) groups excluding carboxylic acids is 1. The quantitative estimate of drug-likeness (QED) is 0.712. The Hall–Kier alpha value is -2.74. The molecule has 0 saturated heterocycles. The van der Waals surface area contributed by atoms with E-state index in [0.717, 1.165) is 36.2 Å². The minimum absolute atomic E-state index is 0.0218. The molecule has 3 heterocycles. The van der Waals surface area contributed by atoms with E-state index in [9.17, 15) is 9.90 Å². The highest BCUT2D eigenvalue weighted by atomic mass is 16.3. The topological polar surface area (TPSA) is 110 Å². The van der Waals surface area contributed by atoms with Gasteiger partial charge < -0.3 is 20.3 Å². The maximum Gasteiger partial charge on any atom is 0.270 e. The van der Waals surface area contributed by atoms with Crippen LogP contribution in [0.3, 0.4) is 0 Å². The van der Waals surface area contributed by atoms with Crippen molar-refractivity contribution in [2.24, 2.45) is 12.0 Å². The Morgan fingerprint density at radius 2 is 2.18 bits per heavy atom. The summed E-state index contributed by atoms with van der Waals surface area (Å²) in [6.07, 6.45) is 5.84. The summed E-state index contributed by atoms with van der Waals surface area (Å²) in [5.41, 5.74) is 9.14. The van der Waals surface area contributed by atoms with Crippen LogP contribution in [0.1, 0.15) is 54.4 Å². The molecule has 0 bridgehead atoms. The van der Waals surface area contributed by atoms with Crippen molar-refractivity contribution in [3.8, 4) is 0 Å². The minimum atomic E-state index is -0.0218. The monoisotopic (exact) mass is 384 g/mol. The number of fused-ring (bicyclic) bond motifs is 1. The van der Waals surface area contributed by atoms with Crippen molar-refractivity contribution >= 4 is 23.4 Å². The van der Waals surface area contributed by atoms with Crippen molar-refractivity contribution in [2.75, 3.05) is 18.9 Å². The van der Waals surface area contributed by atoms with Crippen LogP contribution in [0.15, 0.2) is 23.3 Å². The summed E-state index contributed by atoms with van der Waals surface area (Å²) in [4.78, 5) is 28.1. The predicted molar refractivity (Wildman–Crippen MR) is 109 cm³/mol. The Labute approximate surface area is 165 Å². The lowest BCUT2D eigenvalue weighted by molar-refractivity contribution is 0.0724. The zero-order valence-corrected chi connectivity index (χ0v) is 16.6. The third-order valence-corrected chi connectivity index (χ3v) is 4.99. The highest BCUT2D eigenvalue weighted by Crippen LogP contribution is 2.28. The van der Waals surface area contributed by atoms with Crippen LogP contribution in [0.25, 0.3) is 0 Å². The number of hydrogen-bond donors (Lipinski definition) is 2. The van der Waals surface area contributed by atoms with E-state index in [1.807, 2.05) is 29.9 Å². The largest absolute Gasteiger partial charge is 0.396 e. The molecule has 8 nitrogen and oxygen atoms in total. The normalized spacial score (nSPS) is 14.2. The van der Waals surface area contributed by atoms with Crippen LogP contribution >= 0.6 is 0 Å². The first-order valence-corrected chi connectivity index (χ1v) is 9.76. The van der Waals surface area contributed by atoms with E-state index in [2.05, 4.69) is 16.9 Å². The Morgan fingerprint density at radius 3 is 2.86 bits per heavy atom. The van der Waals surface area contributed by atoms with Gasteiger partial charge in [-0.25, -0.2) is 9.98 Å². The van der Waals surface area contributed by atoms with E-state index in [1.54, 1.807) is 4.90 Å². The van der Waals surface area contributed by atoms with Gasteiger partial charge in [0.1, 0.15) is 5.69 Å². The summed E-state index contributed by atoms with van der Waals surface area (Å²) in [5.74, 6) is 0.691. The van der Waals surface area contributed by atoms with Crippen LogP contribution in [-0.4, -0.2) is 49.3 Å². The van der Waals surface area contributed by atoms with Gasteiger partial charge in [0.2, 0.25) is 5.95 Å². The van der Waals surface area contributed by atoms with Gasteiger partial charge in [0.25, 0.3) is 5.91 Å². The van der Waals surface area contributed by atoms with Crippen molar-refractivity contribution in [1.82, 2.24) is 19.4 Å². The number of hydrogen-bond acceptors (Lipinski definition) is 6. The first kappa shape index (κ1) is 20.0. The fourth-order valence-corrected chi connectivity index (χ4v) is 3.42. The van der Waals surface area contributed by atoms with Gasteiger partial charge in [-0.15, -0.1) is 0 Å². The number of aliphatic hydroxyl groups excluding tert-OH is 1. The molecule has 1 aliphatic rings. The number of carbonyl (C=O) groups is 1. The lowest BCUT2D eigenvalue weighted by atomic mass is 10.1. The molecule has 3 N–H and O–H groups in total. The van der Waals surface area contributed by atoms with E-state index < -0.39 is 0 Å². The number of nitrogens with two attached hydrogens (primary N) is 1. The van der Waals surface area contributed by atoms with Crippen molar-refractivity contribution in [1.29, 1.82) is 0 Å². The Balaban J connectivity index is 1.92. The molecule has 2 aromatic heterocycles. The molecule has 0 spiro atoms. The highest BCUT2D eigenvalue weighted by molar-refractivity contribution is 5.93. The van der Waals surface area contributed by atoms with E-state index in [-0.39, 0.29) is 18.5 Å². The number of unbranched alkanes of at least 4 members (excludes halogenated alkanes) is 1. The molecule has 0 radical (unpaired) electrons. The highest BCUT2D eigenvalue weighted by Gasteiger charge is 2.27. The van der Waals surface area contributed by atoms with Gasteiger partial charge in [0, 0.05) is 50.5 Å². The molecule has 0 unspecified atom stereocenters. The average molecular weight is 384 g/mol. The standard InChI is InChI=1S/C20H28N6O2/c1-3-4-6-14(9-12-27)22-18-15-13-26(11-8-16(15)23-20(21)24-18)19(28)17-7-5-10-25(17)2/h5,7,10,27H,3-4,6,8-9,11-13H2,1-2H3,(H2,21,23,24)/b22-14-. The smallest absolute Gasteiger partial charge is 0.270 e. The van der Waals surface area contributed by atoms with Crippen LogP contribution in [0.5, 0.6) is 0 Å². The molecule has 150 valence electrons. The van der Waals surface area contributed by atoms with E-state index >= 15 is 0 Å². The molecule has 0 atom stereocenters. The van der Waals surface area contributed by atoms with Gasteiger partial charge in [-0.1, -0.05) is 13.3 Å². The number of rotatable bonds is 7. The molecule has 0 fully saturated rings.